The van der Waals surface area contributed by atoms with E-state index in [1.807, 2.05) is 6.92 Å². The van der Waals surface area contributed by atoms with Gasteiger partial charge >= 0.3 is 6.18 Å². The van der Waals surface area contributed by atoms with E-state index in [9.17, 15) is 18.0 Å². The van der Waals surface area contributed by atoms with Gasteiger partial charge in [-0.15, -0.1) is 11.8 Å². The standard InChI is InChI=1S/C15H15F3N6OS/c1-4-26-14-10(22-13(11(19)25)24(14)3)12-21-7-5-9(15(16,17)18)20-6-8(7)23(12)2/h5-6H,4H2,1-3H3,(H2,19,25). The van der Waals surface area contributed by atoms with Gasteiger partial charge in [-0.1, -0.05) is 6.92 Å². The lowest BCUT2D eigenvalue weighted by molar-refractivity contribution is -0.141. The molecule has 3 rings (SSSR count). The van der Waals surface area contributed by atoms with Crippen molar-refractivity contribution in [3.8, 4) is 11.5 Å². The van der Waals surface area contributed by atoms with Crippen LogP contribution in [0.1, 0.15) is 23.2 Å². The summed E-state index contributed by atoms with van der Waals surface area (Å²) in [5.74, 6) is 0.392. The molecule has 0 atom stereocenters. The maximum absolute atomic E-state index is 12.9. The number of amides is 1. The smallest absolute Gasteiger partial charge is 0.363 e. The number of pyridine rings is 1. The van der Waals surface area contributed by atoms with Gasteiger partial charge in [0.1, 0.15) is 16.4 Å². The van der Waals surface area contributed by atoms with Gasteiger partial charge in [0.05, 0.1) is 17.2 Å². The Labute approximate surface area is 150 Å². The van der Waals surface area contributed by atoms with E-state index >= 15 is 0 Å². The molecule has 1 amide bonds. The minimum absolute atomic E-state index is 0.0529. The molecule has 0 aromatic carbocycles. The van der Waals surface area contributed by atoms with E-state index in [-0.39, 0.29) is 11.3 Å². The Hall–Kier alpha value is -2.56. The Balaban J connectivity index is 2.24. The molecule has 11 heteroatoms. The first-order valence-electron chi connectivity index (χ1n) is 7.54. The largest absolute Gasteiger partial charge is 0.433 e. The second kappa shape index (κ2) is 6.31. The van der Waals surface area contributed by atoms with Crippen molar-refractivity contribution in [1.29, 1.82) is 0 Å². The minimum Gasteiger partial charge on any atom is -0.363 e. The molecular formula is C15H15F3N6OS. The van der Waals surface area contributed by atoms with E-state index in [4.69, 9.17) is 5.73 Å². The van der Waals surface area contributed by atoms with Gasteiger partial charge in [0.15, 0.2) is 11.6 Å². The number of nitrogens with two attached hydrogens (primary N) is 1. The molecule has 0 fully saturated rings. The summed E-state index contributed by atoms with van der Waals surface area (Å²) in [4.78, 5) is 23.6. The number of fused-ring (bicyclic) bond motifs is 1. The summed E-state index contributed by atoms with van der Waals surface area (Å²) >= 11 is 1.43. The first-order valence-corrected chi connectivity index (χ1v) is 8.53. The Kier molecular flexibility index (Phi) is 4.42. The lowest BCUT2D eigenvalue weighted by Gasteiger charge is -2.05. The van der Waals surface area contributed by atoms with E-state index < -0.39 is 17.8 Å². The highest BCUT2D eigenvalue weighted by Gasteiger charge is 2.33. The summed E-state index contributed by atoms with van der Waals surface area (Å²) in [5, 5.41) is 0.656. The Morgan fingerprint density at radius 2 is 1.96 bits per heavy atom. The van der Waals surface area contributed by atoms with Crippen molar-refractivity contribution in [2.75, 3.05) is 5.75 Å². The second-order valence-corrected chi connectivity index (χ2v) is 6.75. The quantitative estimate of drug-likeness (QED) is 0.698. The zero-order valence-electron chi connectivity index (χ0n) is 14.1. The van der Waals surface area contributed by atoms with Crippen molar-refractivity contribution >= 4 is 28.7 Å². The molecule has 0 saturated heterocycles. The molecule has 26 heavy (non-hydrogen) atoms. The van der Waals surface area contributed by atoms with Crippen LogP contribution in [0.4, 0.5) is 13.2 Å². The lowest BCUT2D eigenvalue weighted by atomic mass is 10.3. The van der Waals surface area contributed by atoms with Gasteiger partial charge < -0.3 is 14.9 Å². The molecular weight excluding hydrogens is 369 g/mol. The number of carbonyl (C=O) groups is 1. The monoisotopic (exact) mass is 384 g/mol. The number of aromatic nitrogens is 5. The third kappa shape index (κ3) is 2.91. The van der Waals surface area contributed by atoms with Crippen LogP contribution in [-0.4, -0.2) is 35.7 Å². The number of primary amides is 1. The van der Waals surface area contributed by atoms with Crippen molar-refractivity contribution in [3.63, 3.8) is 0 Å². The van der Waals surface area contributed by atoms with Crippen molar-refractivity contribution in [2.45, 2.75) is 18.1 Å². The van der Waals surface area contributed by atoms with Crippen LogP contribution < -0.4 is 5.73 Å². The molecule has 0 unspecified atom stereocenters. The highest BCUT2D eigenvalue weighted by atomic mass is 32.2. The zero-order chi connectivity index (χ0) is 19.2. The van der Waals surface area contributed by atoms with Gasteiger partial charge in [-0.25, -0.2) is 15.0 Å². The zero-order valence-corrected chi connectivity index (χ0v) is 14.9. The number of hydrogen-bond acceptors (Lipinski definition) is 5. The topological polar surface area (TPSA) is 91.6 Å². The van der Waals surface area contributed by atoms with Gasteiger partial charge in [0.2, 0.25) is 0 Å². The number of hydrogen-bond donors (Lipinski definition) is 1. The third-order valence-corrected chi connectivity index (χ3v) is 4.84. The molecule has 0 aliphatic carbocycles. The first kappa shape index (κ1) is 18.2. The molecule has 3 heterocycles. The number of imidazole rings is 2. The van der Waals surface area contributed by atoms with Crippen LogP contribution in [0.15, 0.2) is 17.3 Å². The first-order chi connectivity index (χ1) is 12.1. The normalized spacial score (nSPS) is 12.1. The summed E-state index contributed by atoms with van der Waals surface area (Å²) in [7, 11) is 3.30. The van der Waals surface area contributed by atoms with Crippen molar-refractivity contribution < 1.29 is 18.0 Å². The van der Waals surface area contributed by atoms with Crippen molar-refractivity contribution in [3.05, 3.63) is 23.8 Å². The molecule has 0 spiro atoms. The Morgan fingerprint density at radius 3 is 2.54 bits per heavy atom. The SMILES string of the molecule is CCSc1c(-c2nc3cc(C(F)(F)F)ncc3n2C)nc(C(N)=O)n1C. The third-order valence-electron chi connectivity index (χ3n) is 3.81. The summed E-state index contributed by atoms with van der Waals surface area (Å²) in [5.41, 5.74) is 5.30. The van der Waals surface area contributed by atoms with Crippen LogP contribution in [0, 0.1) is 0 Å². The van der Waals surface area contributed by atoms with E-state index in [0.717, 1.165) is 12.3 Å². The molecule has 0 bridgehead atoms. The molecule has 0 aliphatic rings. The van der Waals surface area contributed by atoms with Gasteiger partial charge in [0, 0.05) is 14.1 Å². The predicted octanol–water partition coefficient (Wildman–Crippen LogP) is 2.60. The maximum Gasteiger partial charge on any atom is 0.433 e. The highest BCUT2D eigenvalue weighted by molar-refractivity contribution is 7.99. The van der Waals surface area contributed by atoms with Crippen LogP contribution in [0.2, 0.25) is 0 Å². The van der Waals surface area contributed by atoms with Crippen molar-refractivity contribution in [2.24, 2.45) is 19.8 Å². The Morgan fingerprint density at radius 1 is 1.27 bits per heavy atom. The number of carbonyl (C=O) groups excluding carboxylic acids is 1. The number of thioether (sulfide) groups is 1. The maximum atomic E-state index is 12.9. The van der Waals surface area contributed by atoms with E-state index in [1.165, 1.54) is 11.8 Å². The fourth-order valence-electron chi connectivity index (χ4n) is 2.61. The molecule has 3 aromatic heterocycles. The van der Waals surface area contributed by atoms with E-state index in [2.05, 4.69) is 15.0 Å². The lowest BCUT2D eigenvalue weighted by Crippen LogP contribution is -2.16. The fourth-order valence-corrected chi connectivity index (χ4v) is 3.43. The fraction of sp³-hybridized carbons (Fsp3) is 0.333. The molecule has 7 nitrogen and oxygen atoms in total. The number of alkyl halides is 3. The van der Waals surface area contributed by atoms with Crippen LogP contribution in [-0.2, 0) is 20.3 Å². The predicted molar refractivity (Wildman–Crippen MR) is 90.6 cm³/mol. The van der Waals surface area contributed by atoms with Gasteiger partial charge in [-0.05, 0) is 11.8 Å². The summed E-state index contributed by atoms with van der Waals surface area (Å²) in [6.45, 7) is 1.93. The van der Waals surface area contributed by atoms with E-state index in [0.29, 0.717) is 27.8 Å². The molecule has 0 saturated carbocycles. The molecule has 3 aromatic rings. The van der Waals surface area contributed by atoms with Gasteiger partial charge in [-0.2, -0.15) is 13.2 Å². The van der Waals surface area contributed by atoms with Gasteiger partial charge in [-0.3, -0.25) is 4.79 Å². The van der Waals surface area contributed by atoms with Crippen LogP contribution in [0.25, 0.3) is 22.6 Å². The average Bonchev–Trinajstić information content (AvgIpc) is 3.05. The molecule has 0 radical (unpaired) electrons. The molecule has 138 valence electrons. The minimum atomic E-state index is -4.56. The number of rotatable bonds is 4. The molecule has 0 aliphatic heterocycles. The average molecular weight is 384 g/mol. The van der Waals surface area contributed by atoms with Crippen LogP contribution in [0.5, 0.6) is 0 Å². The Bertz CT molecular complexity index is 1010. The van der Waals surface area contributed by atoms with Crippen LogP contribution in [0.3, 0.4) is 0 Å². The van der Waals surface area contributed by atoms with Crippen LogP contribution >= 0.6 is 11.8 Å². The molecule has 2 N–H and O–H groups in total. The highest BCUT2D eigenvalue weighted by Crippen LogP contribution is 2.34. The summed E-state index contributed by atoms with van der Waals surface area (Å²) in [6.07, 6.45) is -3.43. The number of nitrogens with zero attached hydrogens (tertiary/aromatic N) is 5. The number of aryl methyl sites for hydroxylation is 1. The second-order valence-electron chi connectivity index (χ2n) is 5.50. The summed E-state index contributed by atoms with van der Waals surface area (Å²) < 4.78 is 41.8. The number of halogens is 3. The van der Waals surface area contributed by atoms with Crippen molar-refractivity contribution in [1.82, 2.24) is 24.1 Å². The van der Waals surface area contributed by atoms with Gasteiger partial charge in [0.25, 0.3) is 5.91 Å². The van der Waals surface area contributed by atoms with E-state index in [1.54, 1.807) is 23.2 Å². The summed E-state index contributed by atoms with van der Waals surface area (Å²) in [6, 6.07) is 0.892.